The second kappa shape index (κ2) is 5.55. The van der Waals surface area contributed by atoms with Crippen molar-refractivity contribution in [3.63, 3.8) is 0 Å². The Labute approximate surface area is 119 Å². The molecule has 0 radical (unpaired) electrons. The number of nitrogens with zero attached hydrogens (tertiary/aromatic N) is 1. The van der Waals surface area contributed by atoms with Crippen LogP contribution < -0.4 is 10.6 Å². The molecule has 0 saturated heterocycles. The largest absolute Gasteiger partial charge is 0.508 e. The van der Waals surface area contributed by atoms with E-state index >= 15 is 0 Å². The van der Waals surface area contributed by atoms with Crippen molar-refractivity contribution in [3.8, 4) is 5.75 Å². The highest BCUT2D eigenvalue weighted by Crippen LogP contribution is 2.33. The first kappa shape index (κ1) is 13.0. The summed E-state index contributed by atoms with van der Waals surface area (Å²) >= 11 is 0. The third-order valence-electron chi connectivity index (χ3n) is 3.78. The van der Waals surface area contributed by atoms with Crippen LogP contribution in [-0.2, 0) is 13.1 Å². The molecular weight excluding hydrogens is 248 g/mol. The quantitative estimate of drug-likeness (QED) is 0.876. The molecule has 104 valence electrons. The van der Waals surface area contributed by atoms with Crippen molar-refractivity contribution in [1.29, 1.82) is 0 Å². The molecule has 1 aliphatic carbocycles. The predicted octanol–water partition coefficient (Wildman–Crippen LogP) is 3.02. The van der Waals surface area contributed by atoms with Gasteiger partial charge < -0.3 is 15.7 Å². The standard InChI is InChI=1S/C17H20N2O/c18-11-13-1-5-15(6-2-13)19(16-7-8-16)12-14-3-9-17(20)10-4-14/h1-6,9-10,16,20H,7-8,11-12,18H2. The molecule has 20 heavy (non-hydrogen) atoms. The lowest BCUT2D eigenvalue weighted by Crippen LogP contribution is -2.24. The predicted molar refractivity (Wildman–Crippen MR) is 81.6 cm³/mol. The van der Waals surface area contributed by atoms with Crippen LogP contribution in [0.15, 0.2) is 48.5 Å². The van der Waals surface area contributed by atoms with Crippen LogP contribution in [0.2, 0.25) is 0 Å². The lowest BCUT2D eigenvalue weighted by atomic mass is 10.1. The van der Waals surface area contributed by atoms with Gasteiger partial charge >= 0.3 is 0 Å². The van der Waals surface area contributed by atoms with Gasteiger partial charge in [0.25, 0.3) is 0 Å². The molecule has 1 saturated carbocycles. The molecular formula is C17H20N2O. The molecule has 2 aromatic carbocycles. The number of rotatable bonds is 5. The summed E-state index contributed by atoms with van der Waals surface area (Å²) in [6, 6.07) is 16.6. The molecule has 0 aromatic heterocycles. The number of nitrogens with two attached hydrogens (primary N) is 1. The summed E-state index contributed by atoms with van der Waals surface area (Å²) in [6.07, 6.45) is 2.52. The minimum absolute atomic E-state index is 0.319. The third-order valence-corrected chi connectivity index (χ3v) is 3.78. The van der Waals surface area contributed by atoms with E-state index in [1.165, 1.54) is 24.1 Å². The zero-order valence-corrected chi connectivity index (χ0v) is 11.5. The van der Waals surface area contributed by atoms with E-state index in [0.717, 1.165) is 12.1 Å². The van der Waals surface area contributed by atoms with Gasteiger partial charge in [-0.25, -0.2) is 0 Å². The Morgan fingerprint density at radius 2 is 1.55 bits per heavy atom. The maximum atomic E-state index is 9.36. The number of hydrogen-bond acceptors (Lipinski definition) is 3. The van der Waals surface area contributed by atoms with Gasteiger partial charge in [-0.05, 0) is 48.2 Å². The normalized spacial score (nSPS) is 14.2. The molecule has 3 heteroatoms. The molecule has 0 spiro atoms. The van der Waals surface area contributed by atoms with Gasteiger partial charge in [0.05, 0.1) is 0 Å². The maximum Gasteiger partial charge on any atom is 0.115 e. The van der Waals surface area contributed by atoms with Crippen molar-refractivity contribution in [2.45, 2.75) is 32.0 Å². The monoisotopic (exact) mass is 268 g/mol. The van der Waals surface area contributed by atoms with Gasteiger partial charge in [0.1, 0.15) is 5.75 Å². The van der Waals surface area contributed by atoms with Crippen molar-refractivity contribution in [2.75, 3.05) is 4.90 Å². The van der Waals surface area contributed by atoms with Crippen LogP contribution in [0.4, 0.5) is 5.69 Å². The lowest BCUT2D eigenvalue weighted by molar-refractivity contribution is 0.475. The zero-order chi connectivity index (χ0) is 13.9. The molecule has 0 amide bonds. The Kier molecular flexibility index (Phi) is 3.61. The molecule has 3 N–H and O–H groups in total. The van der Waals surface area contributed by atoms with Gasteiger partial charge in [-0.15, -0.1) is 0 Å². The minimum atomic E-state index is 0.319. The average molecular weight is 268 g/mol. The molecule has 0 aliphatic heterocycles. The summed E-state index contributed by atoms with van der Waals surface area (Å²) in [4.78, 5) is 2.44. The Bertz CT molecular complexity index is 559. The van der Waals surface area contributed by atoms with E-state index in [1.54, 1.807) is 12.1 Å². The van der Waals surface area contributed by atoms with E-state index in [9.17, 15) is 5.11 Å². The number of phenolic OH excluding ortho intramolecular Hbond substituents is 1. The molecule has 0 heterocycles. The Hall–Kier alpha value is -2.00. The van der Waals surface area contributed by atoms with Crippen LogP contribution in [0, 0.1) is 0 Å². The number of benzene rings is 2. The first-order chi connectivity index (χ1) is 9.76. The smallest absolute Gasteiger partial charge is 0.115 e. The number of aromatic hydroxyl groups is 1. The van der Waals surface area contributed by atoms with Crippen molar-refractivity contribution in [1.82, 2.24) is 0 Å². The molecule has 0 bridgehead atoms. The Balaban J connectivity index is 1.79. The third kappa shape index (κ3) is 2.94. The number of anilines is 1. The fourth-order valence-electron chi connectivity index (χ4n) is 2.44. The molecule has 0 unspecified atom stereocenters. The van der Waals surface area contributed by atoms with Gasteiger partial charge in [0.15, 0.2) is 0 Å². The van der Waals surface area contributed by atoms with E-state index in [2.05, 4.69) is 29.2 Å². The highest BCUT2D eigenvalue weighted by atomic mass is 16.3. The van der Waals surface area contributed by atoms with Gasteiger partial charge in [-0.2, -0.15) is 0 Å². The van der Waals surface area contributed by atoms with Crippen LogP contribution in [0.25, 0.3) is 0 Å². The molecule has 1 fully saturated rings. The van der Waals surface area contributed by atoms with Gasteiger partial charge in [-0.3, -0.25) is 0 Å². The Morgan fingerprint density at radius 3 is 2.10 bits per heavy atom. The Morgan fingerprint density at radius 1 is 0.950 bits per heavy atom. The molecule has 0 atom stereocenters. The summed E-state index contributed by atoms with van der Waals surface area (Å²) in [5.74, 6) is 0.319. The second-order valence-electron chi connectivity index (χ2n) is 5.40. The van der Waals surface area contributed by atoms with Crippen molar-refractivity contribution < 1.29 is 5.11 Å². The fraction of sp³-hybridized carbons (Fsp3) is 0.294. The summed E-state index contributed by atoms with van der Waals surface area (Å²) in [5, 5.41) is 9.36. The van der Waals surface area contributed by atoms with E-state index in [-0.39, 0.29) is 0 Å². The summed E-state index contributed by atoms with van der Waals surface area (Å²) in [5.41, 5.74) is 9.28. The summed E-state index contributed by atoms with van der Waals surface area (Å²) < 4.78 is 0. The van der Waals surface area contributed by atoms with Gasteiger partial charge in [-0.1, -0.05) is 24.3 Å². The van der Waals surface area contributed by atoms with E-state index in [1.807, 2.05) is 12.1 Å². The first-order valence-corrected chi connectivity index (χ1v) is 7.10. The van der Waals surface area contributed by atoms with Gasteiger partial charge in [0.2, 0.25) is 0 Å². The minimum Gasteiger partial charge on any atom is -0.508 e. The highest BCUT2D eigenvalue weighted by molar-refractivity contribution is 5.50. The van der Waals surface area contributed by atoms with E-state index in [0.29, 0.717) is 18.3 Å². The van der Waals surface area contributed by atoms with Crippen molar-refractivity contribution in [2.24, 2.45) is 5.73 Å². The zero-order valence-electron chi connectivity index (χ0n) is 11.5. The lowest BCUT2D eigenvalue weighted by Gasteiger charge is -2.25. The van der Waals surface area contributed by atoms with Gasteiger partial charge in [0, 0.05) is 24.8 Å². The number of hydrogen-bond donors (Lipinski definition) is 2. The van der Waals surface area contributed by atoms with Crippen molar-refractivity contribution in [3.05, 3.63) is 59.7 Å². The van der Waals surface area contributed by atoms with Crippen molar-refractivity contribution >= 4 is 5.69 Å². The first-order valence-electron chi connectivity index (χ1n) is 7.10. The maximum absolute atomic E-state index is 9.36. The van der Waals surface area contributed by atoms with Crippen LogP contribution >= 0.6 is 0 Å². The van der Waals surface area contributed by atoms with E-state index in [4.69, 9.17) is 5.73 Å². The molecule has 3 rings (SSSR count). The highest BCUT2D eigenvalue weighted by Gasteiger charge is 2.29. The fourth-order valence-corrected chi connectivity index (χ4v) is 2.44. The van der Waals surface area contributed by atoms with E-state index < -0.39 is 0 Å². The van der Waals surface area contributed by atoms with Crippen LogP contribution in [0.3, 0.4) is 0 Å². The molecule has 1 aliphatic rings. The topological polar surface area (TPSA) is 49.5 Å². The molecule has 2 aromatic rings. The number of phenols is 1. The summed E-state index contributed by atoms with van der Waals surface area (Å²) in [7, 11) is 0. The summed E-state index contributed by atoms with van der Waals surface area (Å²) in [6.45, 7) is 1.47. The van der Waals surface area contributed by atoms with Crippen LogP contribution in [-0.4, -0.2) is 11.1 Å². The average Bonchev–Trinajstić information content (AvgIpc) is 3.31. The second-order valence-corrected chi connectivity index (χ2v) is 5.40. The SMILES string of the molecule is NCc1ccc(N(Cc2ccc(O)cc2)C2CC2)cc1. The molecule has 3 nitrogen and oxygen atoms in total. The van der Waals surface area contributed by atoms with Crippen LogP contribution in [0.1, 0.15) is 24.0 Å². The van der Waals surface area contributed by atoms with Crippen LogP contribution in [0.5, 0.6) is 5.75 Å².